The van der Waals surface area contributed by atoms with Crippen molar-refractivity contribution in [3.05, 3.63) is 65.2 Å². The molecule has 1 N–H and O–H groups in total. The number of piperidine rings is 1. The van der Waals surface area contributed by atoms with Gasteiger partial charge >= 0.3 is 0 Å². The highest BCUT2D eigenvalue weighted by molar-refractivity contribution is 5.94. The summed E-state index contributed by atoms with van der Waals surface area (Å²) in [6.45, 7) is 4.78. The lowest BCUT2D eigenvalue weighted by Crippen LogP contribution is -2.40. The number of methoxy groups -OCH3 is 1. The van der Waals surface area contributed by atoms with E-state index in [2.05, 4.69) is 22.3 Å². The first-order valence-electron chi connectivity index (χ1n) is 9.40. The molecule has 0 unspecified atom stereocenters. The molecular weight excluding hydrogens is 324 g/mol. The first-order chi connectivity index (χ1) is 12.7. The molecule has 4 heteroatoms. The quantitative estimate of drug-likeness (QED) is 0.855. The van der Waals surface area contributed by atoms with Crippen molar-refractivity contribution < 1.29 is 9.53 Å². The molecule has 1 saturated heterocycles. The molecule has 0 radical (unpaired) electrons. The van der Waals surface area contributed by atoms with Gasteiger partial charge in [-0.2, -0.15) is 0 Å². The van der Waals surface area contributed by atoms with Gasteiger partial charge in [0.2, 0.25) is 0 Å². The van der Waals surface area contributed by atoms with Crippen molar-refractivity contribution in [1.29, 1.82) is 0 Å². The van der Waals surface area contributed by atoms with E-state index in [1.807, 2.05) is 43.3 Å². The van der Waals surface area contributed by atoms with Gasteiger partial charge in [-0.1, -0.05) is 36.2 Å². The van der Waals surface area contributed by atoms with E-state index in [0.29, 0.717) is 6.54 Å². The molecule has 0 spiro atoms. The lowest BCUT2D eigenvalue weighted by atomic mass is 10.0. The maximum atomic E-state index is 12.6. The van der Waals surface area contributed by atoms with Crippen molar-refractivity contribution in [3.63, 3.8) is 0 Å². The van der Waals surface area contributed by atoms with Crippen LogP contribution in [0.1, 0.15) is 46.8 Å². The zero-order valence-electron chi connectivity index (χ0n) is 15.7. The van der Waals surface area contributed by atoms with Gasteiger partial charge in [-0.15, -0.1) is 0 Å². The van der Waals surface area contributed by atoms with E-state index in [-0.39, 0.29) is 11.9 Å². The highest BCUT2D eigenvalue weighted by Crippen LogP contribution is 2.26. The molecule has 138 valence electrons. The Hall–Kier alpha value is -2.33. The monoisotopic (exact) mass is 352 g/mol. The number of rotatable bonds is 6. The van der Waals surface area contributed by atoms with E-state index in [4.69, 9.17) is 4.74 Å². The van der Waals surface area contributed by atoms with Gasteiger partial charge in [-0.3, -0.25) is 9.69 Å². The Morgan fingerprint density at radius 2 is 1.85 bits per heavy atom. The SMILES string of the molecule is COc1ccc([C@H](CNC(=O)c2cccc(C)c2)N2CCCCC2)cc1. The zero-order valence-corrected chi connectivity index (χ0v) is 15.7. The second-order valence-corrected chi connectivity index (χ2v) is 6.97. The number of hydrogen-bond donors (Lipinski definition) is 1. The van der Waals surface area contributed by atoms with Crippen LogP contribution in [-0.2, 0) is 0 Å². The Balaban J connectivity index is 1.73. The molecular formula is C22H28N2O2. The van der Waals surface area contributed by atoms with Crippen molar-refractivity contribution in [1.82, 2.24) is 10.2 Å². The molecule has 1 aliphatic heterocycles. The van der Waals surface area contributed by atoms with Crippen LogP contribution in [0.2, 0.25) is 0 Å². The van der Waals surface area contributed by atoms with E-state index in [1.165, 1.54) is 24.8 Å². The average molecular weight is 352 g/mol. The average Bonchev–Trinajstić information content (AvgIpc) is 2.69. The van der Waals surface area contributed by atoms with E-state index in [0.717, 1.165) is 30.0 Å². The summed E-state index contributed by atoms with van der Waals surface area (Å²) in [5.74, 6) is 0.846. The van der Waals surface area contributed by atoms with Crippen LogP contribution in [0.4, 0.5) is 0 Å². The van der Waals surface area contributed by atoms with Crippen LogP contribution in [0.5, 0.6) is 5.75 Å². The lowest BCUT2D eigenvalue weighted by molar-refractivity contribution is 0.0924. The van der Waals surface area contributed by atoms with Gasteiger partial charge in [-0.05, 0) is 62.7 Å². The smallest absolute Gasteiger partial charge is 0.251 e. The molecule has 1 amide bonds. The number of aryl methyl sites for hydroxylation is 1. The number of carbonyl (C=O) groups is 1. The summed E-state index contributed by atoms with van der Waals surface area (Å²) in [5, 5.41) is 3.14. The molecule has 1 fully saturated rings. The Morgan fingerprint density at radius 3 is 2.50 bits per heavy atom. The molecule has 0 aliphatic carbocycles. The topological polar surface area (TPSA) is 41.6 Å². The van der Waals surface area contributed by atoms with Crippen molar-refractivity contribution in [2.24, 2.45) is 0 Å². The fourth-order valence-electron chi connectivity index (χ4n) is 3.59. The van der Waals surface area contributed by atoms with Gasteiger partial charge in [0.1, 0.15) is 5.75 Å². The minimum Gasteiger partial charge on any atom is -0.497 e. The highest BCUT2D eigenvalue weighted by atomic mass is 16.5. The van der Waals surface area contributed by atoms with Crippen LogP contribution in [0, 0.1) is 6.92 Å². The van der Waals surface area contributed by atoms with Crippen molar-refractivity contribution in [2.75, 3.05) is 26.7 Å². The number of ether oxygens (including phenoxy) is 1. The summed E-state index contributed by atoms with van der Waals surface area (Å²) in [6.07, 6.45) is 3.73. The summed E-state index contributed by atoms with van der Waals surface area (Å²) in [5.41, 5.74) is 3.04. The molecule has 1 heterocycles. The van der Waals surface area contributed by atoms with E-state index in [1.54, 1.807) is 7.11 Å². The number of amides is 1. The highest BCUT2D eigenvalue weighted by Gasteiger charge is 2.23. The second kappa shape index (κ2) is 8.86. The van der Waals surface area contributed by atoms with Gasteiger partial charge in [0.25, 0.3) is 5.91 Å². The summed E-state index contributed by atoms with van der Waals surface area (Å²) in [4.78, 5) is 15.1. The fourth-order valence-corrected chi connectivity index (χ4v) is 3.59. The number of hydrogen-bond acceptors (Lipinski definition) is 3. The number of benzene rings is 2. The van der Waals surface area contributed by atoms with Crippen molar-refractivity contribution >= 4 is 5.91 Å². The number of nitrogens with one attached hydrogen (secondary N) is 1. The molecule has 3 rings (SSSR count). The summed E-state index contributed by atoms with van der Waals surface area (Å²) in [7, 11) is 1.68. The second-order valence-electron chi connectivity index (χ2n) is 6.97. The van der Waals surface area contributed by atoms with E-state index in [9.17, 15) is 4.79 Å². The molecule has 1 aliphatic rings. The van der Waals surface area contributed by atoms with Gasteiger partial charge in [0, 0.05) is 12.1 Å². The third kappa shape index (κ3) is 4.64. The van der Waals surface area contributed by atoms with Gasteiger partial charge in [0.05, 0.1) is 13.2 Å². The van der Waals surface area contributed by atoms with Crippen molar-refractivity contribution in [2.45, 2.75) is 32.2 Å². The maximum absolute atomic E-state index is 12.6. The summed E-state index contributed by atoms with van der Waals surface area (Å²) < 4.78 is 5.28. The Bertz CT molecular complexity index is 721. The van der Waals surface area contributed by atoms with Crippen LogP contribution in [0.15, 0.2) is 48.5 Å². The Kier molecular flexibility index (Phi) is 6.29. The van der Waals surface area contributed by atoms with Gasteiger partial charge in [0.15, 0.2) is 0 Å². The third-order valence-electron chi connectivity index (χ3n) is 5.07. The molecule has 4 nitrogen and oxygen atoms in total. The van der Waals surface area contributed by atoms with Crippen LogP contribution in [-0.4, -0.2) is 37.6 Å². The van der Waals surface area contributed by atoms with Crippen LogP contribution in [0.25, 0.3) is 0 Å². The predicted octanol–water partition coefficient (Wildman–Crippen LogP) is 3.96. The molecule has 0 bridgehead atoms. The minimum atomic E-state index is -0.00998. The number of likely N-dealkylation sites (tertiary alicyclic amines) is 1. The molecule has 1 atom stereocenters. The van der Waals surface area contributed by atoms with Crippen LogP contribution >= 0.6 is 0 Å². The fraction of sp³-hybridized carbons (Fsp3) is 0.409. The van der Waals surface area contributed by atoms with Gasteiger partial charge in [-0.25, -0.2) is 0 Å². The maximum Gasteiger partial charge on any atom is 0.251 e. The predicted molar refractivity (Wildman–Crippen MR) is 105 cm³/mol. The standard InChI is InChI=1S/C22H28N2O2/c1-17-7-6-8-19(15-17)22(25)23-16-21(24-13-4-3-5-14-24)18-9-11-20(26-2)12-10-18/h6-12,15,21H,3-5,13-14,16H2,1-2H3,(H,23,25)/t21-/m0/s1. The van der Waals surface area contributed by atoms with E-state index < -0.39 is 0 Å². The van der Waals surface area contributed by atoms with Crippen molar-refractivity contribution in [3.8, 4) is 5.75 Å². The van der Waals surface area contributed by atoms with Crippen LogP contribution < -0.4 is 10.1 Å². The molecule has 0 aromatic heterocycles. The Labute approximate surface area is 156 Å². The van der Waals surface area contributed by atoms with Crippen LogP contribution in [0.3, 0.4) is 0 Å². The first-order valence-corrected chi connectivity index (χ1v) is 9.40. The molecule has 2 aromatic rings. The van der Waals surface area contributed by atoms with E-state index >= 15 is 0 Å². The normalized spacial score (nSPS) is 16.1. The number of nitrogens with zero attached hydrogens (tertiary/aromatic N) is 1. The molecule has 26 heavy (non-hydrogen) atoms. The largest absolute Gasteiger partial charge is 0.497 e. The first kappa shape index (κ1) is 18.5. The Morgan fingerprint density at radius 1 is 1.12 bits per heavy atom. The lowest BCUT2D eigenvalue weighted by Gasteiger charge is -2.35. The summed E-state index contributed by atoms with van der Waals surface area (Å²) in [6, 6.07) is 16.1. The minimum absolute atomic E-state index is 0.00998. The zero-order chi connectivity index (χ0) is 18.4. The van der Waals surface area contributed by atoms with Gasteiger partial charge < -0.3 is 10.1 Å². The molecule has 0 saturated carbocycles. The molecule has 2 aromatic carbocycles. The summed E-state index contributed by atoms with van der Waals surface area (Å²) >= 11 is 0. The number of carbonyl (C=O) groups excluding carboxylic acids is 1. The third-order valence-corrected chi connectivity index (χ3v) is 5.07.